The summed E-state index contributed by atoms with van der Waals surface area (Å²) in [6.45, 7) is 8.73. The number of hydrogen-bond acceptors (Lipinski definition) is 3. The second-order valence-electron chi connectivity index (χ2n) is 11.1. The van der Waals surface area contributed by atoms with Crippen LogP contribution < -0.4 is 0 Å². The second-order valence-corrected chi connectivity index (χ2v) is 11.1. The van der Waals surface area contributed by atoms with Crippen LogP contribution in [0.25, 0.3) is 0 Å². The highest BCUT2D eigenvalue weighted by molar-refractivity contribution is 5.93. The second kappa shape index (κ2) is 5.55. The third kappa shape index (κ3) is 2.13. The summed E-state index contributed by atoms with van der Waals surface area (Å²) >= 11 is 0. The Morgan fingerprint density at radius 2 is 1.89 bits per heavy atom. The first kappa shape index (κ1) is 18.1. The average Bonchev–Trinajstić information content (AvgIpc) is 2.89. The van der Waals surface area contributed by atoms with Crippen molar-refractivity contribution >= 4 is 11.6 Å². The molecule has 1 spiro atoms. The van der Waals surface area contributed by atoms with Gasteiger partial charge in [0, 0.05) is 24.2 Å². The maximum absolute atomic E-state index is 13.7. The molecule has 5 aliphatic rings. The predicted molar refractivity (Wildman–Crippen MR) is 104 cm³/mol. The Morgan fingerprint density at radius 1 is 1.11 bits per heavy atom. The molecule has 0 aromatic rings. The van der Waals surface area contributed by atoms with Crippen molar-refractivity contribution in [3.63, 3.8) is 0 Å². The van der Waals surface area contributed by atoms with E-state index in [1.165, 1.54) is 12.0 Å². The molecule has 3 nitrogen and oxygen atoms in total. The van der Waals surface area contributed by atoms with Crippen LogP contribution in [-0.2, 0) is 9.59 Å². The van der Waals surface area contributed by atoms with Gasteiger partial charge in [-0.25, -0.2) is 0 Å². The van der Waals surface area contributed by atoms with Crippen LogP contribution in [0.1, 0.15) is 78.1 Å². The molecule has 0 aromatic heterocycles. The Hall–Kier alpha value is -0.960. The van der Waals surface area contributed by atoms with Gasteiger partial charge in [0.1, 0.15) is 11.4 Å². The standard InChI is InChI=1S/C24H34O3/c1-14-6-8-22(3)16(10-14)4-5-17-18-7-9-24(27)20(26)11-15(2)12-23(18,24)13-19(25)21(17)22/h15-18,21,27H,1,4-13H2,2-3H3/t15?,16?,17-,18-,21+,22-,23-,24-/m0/s1. The SMILES string of the molecule is C=C1CC[C@@]2(C)C(CC[C@H]3[C@@H]4CC[C@]5(O)C(=O)CC(C)C[C@]45CC(=O)[C@@H]32)C1. The van der Waals surface area contributed by atoms with Crippen LogP contribution in [0.2, 0.25) is 0 Å². The van der Waals surface area contributed by atoms with E-state index >= 15 is 0 Å². The van der Waals surface area contributed by atoms with E-state index in [1.807, 2.05) is 0 Å². The van der Waals surface area contributed by atoms with Crippen LogP contribution in [-0.4, -0.2) is 22.3 Å². The van der Waals surface area contributed by atoms with Crippen molar-refractivity contribution in [2.45, 2.75) is 83.7 Å². The summed E-state index contributed by atoms with van der Waals surface area (Å²) < 4.78 is 0. The highest BCUT2D eigenvalue weighted by atomic mass is 16.3. The summed E-state index contributed by atoms with van der Waals surface area (Å²) in [7, 11) is 0. The minimum Gasteiger partial charge on any atom is -0.381 e. The highest BCUT2D eigenvalue weighted by Crippen LogP contribution is 2.70. The van der Waals surface area contributed by atoms with Crippen LogP contribution in [0.4, 0.5) is 0 Å². The van der Waals surface area contributed by atoms with E-state index in [1.54, 1.807) is 0 Å². The lowest BCUT2D eigenvalue weighted by Crippen LogP contribution is -2.64. The van der Waals surface area contributed by atoms with Gasteiger partial charge >= 0.3 is 0 Å². The Kier molecular flexibility index (Phi) is 3.72. The number of carbonyl (C=O) groups excluding carboxylic acids is 2. The van der Waals surface area contributed by atoms with E-state index < -0.39 is 11.0 Å². The number of hydrogen-bond donors (Lipinski definition) is 1. The molecule has 8 atom stereocenters. The number of carbonyl (C=O) groups is 2. The first-order valence-electron chi connectivity index (χ1n) is 11.2. The molecule has 0 radical (unpaired) electrons. The molecule has 5 aliphatic carbocycles. The smallest absolute Gasteiger partial charge is 0.165 e. The Morgan fingerprint density at radius 3 is 2.67 bits per heavy atom. The maximum Gasteiger partial charge on any atom is 0.165 e. The van der Waals surface area contributed by atoms with Crippen molar-refractivity contribution in [2.75, 3.05) is 0 Å². The van der Waals surface area contributed by atoms with Crippen molar-refractivity contribution in [3.05, 3.63) is 12.2 Å². The Bertz CT molecular complexity index is 725. The molecule has 0 heterocycles. The monoisotopic (exact) mass is 370 g/mol. The lowest BCUT2D eigenvalue weighted by Gasteiger charge is -2.62. The summed E-state index contributed by atoms with van der Waals surface area (Å²) in [5, 5.41) is 11.5. The van der Waals surface area contributed by atoms with Gasteiger partial charge in [-0.05, 0) is 80.5 Å². The number of allylic oxidation sites excluding steroid dienone is 1. The summed E-state index contributed by atoms with van der Waals surface area (Å²) in [6, 6.07) is 0. The maximum atomic E-state index is 13.7. The van der Waals surface area contributed by atoms with Crippen LogP contribution >= 0.6 is 0 Å². The molecular formula is C24H34O3. The predicted octanol–water partition coefficient (Wildman–Crippen LogP) is 4.47. The summed E-state index contributed by atoms with van der Waals surface area (Å²) in [6.07, 6.45) is 8.78. The minimum atomic E-state index is -1.23. The summed E-state index contributed by atoms with van der Waals surface area (Å²) in [5.41, 5.74) is -0.254. The number of fused-ring (bicyclic) bond motifs is 4. The first-order valence-corrected chi connectivity index (χ1v) is 11.2. The molecule has 5 saturated carbocycles. The molecular weight excluding hydrogens is 336 g/mol. The van der Waals surface area contributed by atoms with Gasteiger partial charge in [0.15, 0.2) is 5.78 Å². The van der Waals surface area contributed by atoms with Gasteiger partial charge in [-0.3, -0.25) is 9.59 Å². The molecule has 0 aliphatic heterocycles. The first-order chi connectivity index (χ1) is 12.7. The molecule has 0 amide bonds. The van der Waals surface area contributed by atoms with Gasteiger partial charge < -0.3 is 5.11 Å². The molecule has 0 aromatic carbocycles. The fourth-order valence-electron chi connectivity index (χ4n) is 8.77. The fraction of sp³-hybridized carbons (Fsp3) is 0.833. The van der Waals surface area contributed by atoms with E-state index in [0.717, 1.165) is 38.5 Å². The number of aliphatic hydroxyl groups is 1. The molecule has 5 rings (SSSR count). The van der Waals surface area contributed by atoms with Gasteiger partial charge in [0.05, 0.1) is 0 Å². The number of rotatable bonds is 0. The molecule has 1 N–H and O–H groups in total. The van der Waals surface area contributed by atoms with E-state index in [9.17, 15) is 14.7 Å². The topological polar surface area (TPSA) is 54.4 Å². The van der Waals surface area contributed by atoms with Crippen molar-refractivity contribution in [1.29, 1.82) is 0 Å². The summed E-state index contributed by atoms with van der Waals surface area (Å²) in [5.74, 6) is 2.10. The van der Waals surface area contributed by atoms with Gasteiger partial charge in [-0.1, -0.05) is 26.0 Å². The third-order valence-corrected chi connectivity index (χ3v) is 9.88. The van der Waals surface area contributed by atoms with E-state index in [-0.39, 0.29) is 23.0 Å². The third-order valence-electron chi connectivity index (χ3n) is 9.88. The largest absolute Gasteiger partial charge is 0.381 e. The average molecular weight is 371 g/mol. The fourth-order valence-corrected chi connectivity index (χ4v) is 8.77. The minimum absolute atomic E-state index is 0.0175. The zero-order valence-electron chi connectivity index (χ0n) is 16.9. The molecule has 0 saturated heterocycles. The lowest BCUT2D eigenvalue weighted by molar-refractivity contribution is -0.189. The number of ketones is 2. The molecule has 0 bridgehead atoms. The summed E-state index contributed by atoms with van der Waals surface area (Å²) in [4.78, 5) is 26.6. The van der Waals surface area contributed by atoms with Crippen LogP contribution in [0.3, 0.4) is 0 Å². The van der Waals surface area contributed by atoms with Crippen LogP contribution in [0.15, 0.2) is 12.2 Å². The molecule has 27 heavy (non-hydrogen) atoms. The van der Waals surface area contributed by atoms with E-state index in [4.69, 9.17) is 0 Å². The van der Waals surface area contributed by atoms with Crippen molar-refractivity contribution in [3.8, 4) is 0 Å². The molecule has 3 heteroatoms. The Balaban J connectivity index is 1.56. The van der Waals surface area contributed by atoms with Crippen molar-refractivity contribution in [2.24, 2.45) is 40.4 Å². The molecule has 148 valence electrons. The van der Waals surface area contributed by atoms with Crippen molar-refractivity contribution in [1.82, 2.24) is 0 Å². The Labute approximate surface area is 163 Å². The van der Waals surface area contributed by atoms with E-state index in [0.29, 0.717) is 42.8 Å². The van der Waals surface area contributed by atoms with Gasteiger partial charge in [-0.2, -0.15) is 0 Å². The molecule has 5 fully saturated rings. The number of Topliss-reactive ketones (excluding diaryl/α,β-unsaturated/α-hetero) is 2. The van der Waals surface area contributed by atoms with Gasteiger partial charge in [0.25, 0.3) is 0 Å². The van der Waals surface area contributed by atoms with Crippen LogP contribution in [0.5, 0.6) is 0 Å². The van der Waals surface area contributed by atoms with Crippen LogP contribution in [0, 0.1) is 40.4 Å². The quantitative estimate of drug-likeness (QED) is 0.640. The molecule has 2 unspecified atom stereocenters. The van der Waals surface area contributed by atoms with Gasteiger partial charge in [-0.15, -0.1) is 0 Å². The van der Waals surface area contributed by atoms with E-state index in [2.05, 4.69) is 20.4 Å². The van der Waals surface area contributed by atoms with Crippen molar-refractivity contribution < 1.29 is 14.7 Å². The lowest BCUT2D eigenvalue weighted by atomic mass is 9.42. The van der Waals surface area contributed by atoms with Gasteiger partial charge in [0.2, 0.25) is 0 Å². The zero-order chi connectivity index (χ0) is 19.2. The normalized spacial score (nSPS) is 54.8. The zero-order valence-corrected chi connectivity index (χ0v) is 16.9. The highest BCUT2D eigenvalue weighted by Gasteiger charge is 2.71.